The Balaban J connectivity index is 2.34. The van der Waals surface area contributed by atoms with Gasteiger partial charge in [-0.25, -0.2) is 0 Å². The SMILES string of the molecule is CCCNC(c1ccc(C)cc1)C1(N(C)C)CCCCC1. The van der Waals surface area contributed by atoms with E-state index in [4.69, 9.17) is 0 Å². The molecule has 0 heterocycles. The normalized spacial score (nSPS) is 19.7. The number of nitrogens with zero attached hydrogens (tertiary/aromatic N) is 1. The number of hydrogen-bond donors (Lipinski definition) is 1. The number of rotatable bonds is 6. The smallest absolute Gasteiger partial charge is 0.0506 e. The number of hydrogen-bond acceptors (Lipinski definition) is 2. The van der Waals surface area contributed by atoms with Crippen molar-refractivity contribution in [3.63, 3.8) is 0 Å². The second-order valence-corrected chi connectivity index (χ2v) is 6.86. The lowest BCUT2D eigenvalue weighted by molar-refractivity contribution is 0.0564. The summed E-state index contributed by atoms with van der Waals surface area (Å²) in [5, 5.41) is 3.86. The van der Waals surface area contributed by atoms with Gasteiger partial charge < -0.3 is 10.2 Å². The summed E-state index contributed by atoms with van der Waals surface area (Å²) < 4.78 is 0. The van der Waals surface area contributed by atoms with Crippen LogP contribution in [0.25, 0.3) is 0 Å². The molecule has 2 nitrogen and oxygen atoms in total. The van der Waals surface area contributed by atoms with Gasteiger partial charge in [0.2, 0.25) is 0 Å². The van der Waals surface area contributed by atoms with Crippen molar-refractivity contribution in [3.05, 3.63) is 35.4 Å². The highest BCUT2D eigenvalue weighted by Gasteiger charge is 2.42. The van der Waals surface area contributed by atoms with Crippen LogP contribution in [0, 0.1) is 6.92 Å². The molecule has 1 aliphatic rings. The van der Waals surface area contributed by atoms with Crippen LogP contribution < -0.4 is 5.32 Å². The Labute approximate surface area is 130 Å². The van der Waals surface area contributed by atoms with E-state index in [1.807, 2.05) is 0 Å². The van der Waals surface area contributed by atoms with Crippen LogP contribution in [0.1, 0.15) is 62.6 Å². The molecule has 0 spiro atoms. The Kier molecular flexibility index (Phi) is 5.83. The minimum atomic E-state index is 0.267. The lowest BCUT2D eigenvalue weighted by Crippen LogP contribution is -2.55. The van der Waals surface area contributed by atoms with E-state index in [1.54, 1.807) is 0 Å². The van der Waals surface area contributed by atoms with Gasteiger partial charge in [-0.2, -0.15) is 0 Å². The number of benzene rings is 1. The molecular weight excluding hydrogens is 256 g/mol. The van der Waals surface area contributed by atoms with Crippen LogP contribution in [0.4, 0.5) is 0 Å². The molecule has 1 N–H and O–H groups in total. The Morgan fingerprint density at radius 1 is 1.10 bits per heavy atom. The molecular formula is C19H32N2. The molecule has 0 radical (unpaired) electrons. The molecule has 1 aromatic carbocycles. The summed E-state index contributed by atoms with van der Waals surface area (Å²) in [7, 11) is 4.53. The molecule has 2 rings (SSSR count). The van der Waals surface area contributed by atoms with Crippen molar-refractivity contribution >= 4 is 0 Å². The van der Waals surface area contributed by atoms with E-state index < -0.39 is 0 Å². The van der Waals surface area contributed by atoms with Crippen molar-refractivity contribution in [2.75, 3.05) is 20.6 Å². The summed E-state index contributed by atoms with van der Waals surface area (Å²) in [5.41, 5.74) is 3.06. The summed E-state index contributed by atoms with van der Waals surface area (Å²) in [4.78, 5) is 2.49. The van der Waals surface area contributed by atoms with Gasteiger partial charge >= 0.3 is 0 Å². The van der Waals surface area contributed by atoms with E-state index in [1.165, 1.54) is 49.7 Å². The first-order valence-corrected chi connectivity index (χ1v) is 8.57. The van der Waals surface area contributed by atoms with E-state index >= 15 is 0 Å². The van der Waals surface area contributed by atoms with Crippen LogP contribution in [-0.2, 0) is 0 Å². The molecule has 1 fully saturated rings. The standard InChI is InChI=1S/C19H32N2/c1-5-15-20-18(17-11-9-16(2)10-12-17)19(21(3)4)13-7-6-8-14-19/h9-12,18,20H,5-8,13-15H2,1-4H3. The van der Waals surface area contributed by atoms with E-state index in [0.717, 1.165) is 6.54 Å². The van der Waals surface area contributed by atoms with Gasteiger partial charge in [-0.15, -0.1) is 0 Å². The predicted octanol–water partition coefficient (Wildman–Crippen LogP) is 4.30. The molecule has 0 bridgehead atoms. The van der Waals surface area contributed by atoms with Crippen LogP contribution in [0.3, 0.4) is 0 Å². The second kappa shape index (κ2) is 7.42. The second-order valence-electron chi connectivity index (χ2n) is 6.86. The van der Waals surface area contributed by atoms with Crippen LogP contribution >= 0.6 is 0 Å². The van der Waals surface area contributed by atoms with Crippen molar-refractivity contribution in [1.29, 1.82) is 0 Å². The van der Waals surface area contributed by atoms with Gasteiger partial charge in [-0.1, -0.05) is 56.0 Å². The Bertz CT molecular complexity index is 416. The summed E-state index contributed by atoms with van der Waals surface area (Å²) in [6.45, 7) is 5.51. The molecule has 118 valence electrons. The summed E-state index contributed by atoms with van der Waals surface area (Å²) >= 11 is 0. The highest BCUT2D eigenvalue weighted by atomic mass is 15.2. The average molecular weight is 288 g/mol. The molecule has 2 heteroatoms. The van der Waals surface area contributed by atoms with Crippen molar-refractivity contribution in [1.82, 2.24) is 10.2 Å². The minimum Gasteiger partial charge on any atom is -0.308 e. The fourth-order valence-corrected chi connectivity index (χ4v) is 3.82. The molecule has 1 saturated carbocycles. The van der Waals surface area contributed by atoms with Gasteiger partial charge in [0, 0.05) is 5.54 Å². The number of aryl methyl sites for hydroxylation is 1. The zero-order chi connectivity index (χ0) is 15.3. The largest absolute Gasteiger partial charge is 0.308 e. The van der Waals surface area contributed by atoms with Gasteiger partial charge in [0.25, 0.3) is 0 Å². The van der Waals surface area contributed by atoms with Gasteiger partial charge in [0.15, 0.2) is 0 Å². The zero-order valence-corrected chi connectivity index (χ0v) is 14.3. The predicted molar refractivity (Wildman–Crippen MR) is 91.7 cm³/mol. The maximum absolute atomic E-state index is 3.86. The van der Waals surface area contributed by atoms with Crippen molar-refractivity contribution < 1.29 is 0 Å². The van der Waals surface area contributed by atoms with Gasteiger partial charge in [-0.05, 0) is 52.4 Å². The highest BCUT2D eigenvalue weighted by Crippen LogP contribution is 2.42. The first kappa shape index (κ1) is 16.5. The molecule has 1 aliphatic carbocycles. The van der Waals surface area contributed by atoms with Crippen molar-refractivity contribution in [2.24, 2.45) is 0 Å². The fourth-order valence-electron chi connectivity index (χ4n) is 3.82. The Morgan fingerprint density at radius 3 is 2.24 bits per heavy atom. The minimum absolute atomic E-state index is 0.267. The quantitative estimate of drug-likeness (QED) is 0.839. The average Bonchev–Trinajstić information content (AvgIpc) is 2.50. The third-order valence-electron chi connectivity index (χ3n) is 5.16. The van der Waals surface area contributed by atoms with Crippen LogP contribution in [0.5, 0.6) is 0 Å². The summed E-state index contributed by atoms with van der Waals surface area (Å²) in [6, 6.07) is 9.59. The molecule has 0 aromatic heterocycles. The maximum Gasteiger partial charge on any atom is 0.0506 e. The monoisotopic (exact) mass is 288 g/mol. The highest BCUT2D eigenvalue weighted by molar-refractivity contribution is 5.27. The van der Waals surface area contributed by atoms with Crippen molar-refractivity contribution in [3.8, 4) is 0 Å². The molecule has 21 heavy (non-hydrogen) atoms. The molecule has 0 aliphatic heterocycles. The van der Waals surface area contributed by atoms with Crippen LogP contribution in [0.15, 0.2) is 24.3 Å². The number of nitrogens with one attached hydrogen (secondary N) is 1. The van der Waals surface area contributed by atoms with E-state index in [9.17, 15) is 0 Å². The molecule has 1 unspecified atom stereocenters. The van der Waals surface area contributed by atoms with Gasteiger partial charge in [0.05, 0.1) is 6.04 Å². The number of likely N-dealkylation sites (N-methyl/N-ethyl adjacent to an activating group) is 1. The lowest BCUT2D eigenvalue weighted by atomic mass is 9.73. The lowest BCUT2D eigenvalue weighted by Gasteiger charge is -2.49. The van der Waals surface area contributed by atoms with Gasteiger partial charge in [0.1, 0.15) is 0 Å². The van der Waals surface area contributed by atoms with Crippen molar-refractivity contribution in [2.45, 2.75) is 64.0 Å². The first-order valence-electron chi connectivity index (χ1n) is 8.57. The first-order chi connectivity index (χ1) is 10.1. The van der Waals surface area contributed by atoms with E-state index in [-0.39, 0.29) is 5.54 Å². The molecule has 1 aromatic rings. The topological polar surface area (TPSA) is 15.3 Å². The Hall–Kier alpha value is -0.860. The van der Waals surface area contributed by atoms with Gasteiger partial charge in [-0.3, -0.25) is 0 Å². The molecule has 0 saturated heterocycles. The Morgan fingerprint density at radius 2 is 1.71 bits per heavy atom. The summed E-state index contributed by atoms with van der Waals surface area (Å²) in [6.07, 6.45) is 7.89. The molecule has 0 amide bonds. The van der Waals surface area contributed by atoms with Crippen LogP contribution in [0.2, 0.25) is 0 Å². The van der Waals surface area contributed by atoms with Crippen LogP contribution in [-0.4, -0.2) is 31.1 Å². The van der Waals surface area contributed by atoms with E-state index in [2.05, 4.69) is 62.4 Å². The van der Waals surface area contributed by atoms with E-state index in [0.29, 0.717) is 6.04 Å². The fraction of sp³-hybridized carbons (Fsp3) is 0.684. The third-order valence-corrected chi connectivity index (χ3v) is 5.16. The maximum atomic E-state index is 3.86. The zero-order valence-electron chi connectivity index (χ0n) is 14.3. The molecule has 1 atom stereocenters. The summed E-state index contributed by atoms with van der Waals surface area (Å²) in [5.74, 6) is 0. The third kappa shape index (κ3) is 3.67.